The summed E-state index contributed by atoms with van der Waals surface area (Å²) in [5, 5.41) is 0.812. The summed E-state index contributed by atoms with van der Waals surface area (Å²) in [7, 11) is 0. The molecule has 7 nitrogen and oxygen atoms in total. The van der Waals surface area contributed by atoms with Crippen LogP contribution in [0.4, 0.5) is 13.2 Å². The van der Waals surface area contributed by atoms with Gasteiger partial charge in [-0.3, -0.25) is 9.80 Å². The van der Waals surface area contributed by atoms with Crippen molar-refractivity contribution in [1.29, 1.82) is 0 Å². The number of aliphatic imine (C=N–C) groups is 1. The number of amidine groups is 1. The summed E-state index contributed by atoms with van der Waals surface area (Å²) in [6.07, 6.45) is 2.15. The van der Waals surface area contributed by atoms with E-state index in [-0.39, 0.29) is 6.17 Å². The summed E-state index contributed by atoms with van der Waals surface area (Å²) in [4.78, 5) is 18.6. The fourth-order valence-corrected chi connectivity index (χ4v) is 6.76. The number of hydrogen-bond acceptors (Lipinski definition) is 8. The molecule has 4 aliphatic rings. The van der Waals surface area contributed by atoms with Crippen molar-refractivity contribution in [2.45, 2.75) is 38.1 Å². The smallest absolute Gasteiger partial charge is 0.395 e. The Labute approximate surface area is 242 Å². The van der Waals surface area contributed by atoms with Crippen molar-refractivity contribution in [2.75, 3.05) is 59.0 Å². The van der Waals surface area contributed by atoms with Crippen LogP contribution in [0, 0.1) is 5.92 Å². The predicted molar refractivity (Wildman–Crippen MR) is 156 cm³/mol. The molecule has 1 unspecified atom stereocenters. The van der Waals surface area contributed by atoms with Crippen molar-refractivity contribution in [1.82, 2.24) is 14.7 Å². The first kappa shape index (κ1) is 28.5. The molecule has 1 aromatic carbocycles. The number of alkyl halides is 3. The SMILES string of the molecule is N/C(=C\c1ccccc1C1=NC(N2CCOCC2)C=c2sc(CN3CCCN(CC4CC4)CC3)cc2=N1)C(F)(F)F. The number of rotatable bonds is 7. The Balaban J connectivity index is 1.31. The lowest BCUT2D eigenvalue weighted by atomic mass is 10.1. The van der Waals surface area contributed by atoms with Crippen molar-refractivity contribution in [3.8, 4) is 0 Å². The van der Waals surface area contributed by atoms with Crippen molar-refractivity contribution < 1.29 is 17.9 Å². The second-order valence-corrected chi connectivity index (χ2v) is 12.5. The maximum absolute atomic E-state index is 13.3. The minimum atomic E-state index is -4.61. The quantitative estimate of drug-likeness (QED) is 0.541. The number of ether oxygens (including phenoxy) is 1. The van der Waals surface area contributed by atoms with E-state index in [2.05, 4.69) is 26.8 Å². The van der Waals surface area contributed by atoms with E-state index in [0.717, 1.165) is 61.2 Å². The van der Waals surface area contributed by atoms with E-state index in [0.29, 0.717) is 30.2 Å². The highest BCUT2D eigenvalue weighted by Crippen LogP contribution is 2.30. The second kappa shape index (κ2) is 12.3. The van der Waals surface area contributed by atoms with Gasteiger partial charge in [0.05, 0.1) is 23.1 Å². The van der Waals surface area contributed by atoms with E-state index in [1.165, 1.54) is 37.2 Å². The maximum atomic E-state index is 13.3. The van der Waals surface area contributed by atoms with Gasteiger partial charge in [0.1, 0.15) is 11.9 Å². The van der Waals surface area contributed by atoms with Crippen molar-refractivity contribution >= 4 is 29.3 Å². The van der Waals surface area contributed by atoms with Crippen molar-refractivity contribution in [3.05, 3.63) is 61.9 Å². The lowest BCUT2D eigenvalue weighted by Gasteiger charge is -2.30. The average Bonchev–Trinajstić information content (AvgIpc) is 3.76. The molecular formula is C30H37F3N6OS. The molecule has 41 heavy (non-hydrogen) atoms. The molecule has 6 rings (SSSR count). The van der Waals surface area contributed by atoms with Gasteiger partial charge in [-0.05, 0) is 62.1 Å². The van der Waals surface area contributed by atoms with E-state index >= 15 is 0 Å². The zero-order valence-electron chi connectivity index (χ0n) is 23.2. The number of thiophene rings is 1. The number of fused-ring (bicyclic) bond motifs is 1. The molecule has 2 aromatic rings. The minimum absolute atomic E-state index is 0.295. The number of hydrogen-bond donors (Lipinski definition) is 1. The van der Waals surface area contributed by atoms with Gasteiger partial charge in [-0.2, -0.15) is 13.2 Å². The lowest BCUT2D eigenvalue weighted by molar-refractivity contribution is -0.0916. The highest BCUT2D eigenvalue weighted by Gasteiger charge is 2.32. The van der Waals surface area contributed by atoms with Crippen LogP contribution in [0.5, 0.6) is 0 Å². The molecule has 1 saturated carbocycles. The Morgan fingerprint density at radius 2 is 1.80 bits per heavy atom. The van der Waals surface area contributed by atoms with Crippen LogP contribution in [0.1, 0.15) is 35.3 Å². The van der Waals surface area contributed by atoms with Crippen molar-refractivity contribution in [2.24, 2.45) is 21.6 Å². The maximum Gasteiger partial charge on any atom is 0.430 e. The Hall–Kier alpha value is -2.57. The lowest BCUT2D eigenvalue weighted by Crippen LogP contribution is -2.42. The monoisotopic (exact) mass is 586 g/mol. The first-order chi connectivity index (χ1) is 19.8. The topological polar surface area (TPSA) is 69.7 Å². The van der Waals surface area contributed by atoms with Crippen LogP contribution in [-0.2, 0) is 11.3 Å². The molecule has 220 valence electrons. The molecule has 1 aromatic heterocycles. The number of morpholine rings is 1. The number of nitrogens with zero attached hydrogens (tertiary/aromatic N) is 5. The van der Waals surface area contributed by atoms with Gasteiger partial charge in [-0.1, -0.05) is 24.3 Å². The highest BCUT2D eigenvalue weighted by atomic mass is 32.1. The summed E-state index contributed by atoms with van der Waals surface area (Å²) < 4.78 is 46.5. The molecule has 4 heterocycles. The molecule has 1 atom stereocenters. The fourth-order valence-electron chi connectivity index (χ4n) is 5.66. The van der Waals surface area contributed by atoms with Crippen molar-refractivity contribution in [3.63, 3.8) is 0 Å². The standard InChI is InChI=1S/C30H37F3N6OS/c31-30(32,33)27(34)16-22-4-1-2-5-24(22)29-35-25-17-23(20-38-9-3-8-37(10-11-38)19-21-6-7-21)41-26(25)18-28(36-29)39-12-14-40-15-13-39/h1-2,4-5,16-18,21,28H,3,6-15,19-20,34H2/b27-16-. The van der Waals surface area contributed by atoms with Crippen LogP contribution >= 0.6 is 11.3 Å². The molecule has 0 amide bonds. The van der Waals surface area contributed by atoms with Crippen LogP contribution in [0.3, 0.4) is 0 Å². The van der Waals surface area contributed by atoms with E-state index in [1.807, 2.05) is 0 Å². The molecule has 0 radical (unpaired) electrons. The highest BCUT2D eigenvalue weighted by molar-refractivity contribution is 7.09. The van der Waals surface area contributed by atoms with Crippen LogP contribution in [0.25, 0.3) is 12.2 Å². The average molecular weight is 587 g/mol. The molecule has 3 fully saturated rings. The minimum Gasteiger partial charge on any atom is -0.395 e. The fraction of sp³-hybridized carbons (Fsp3) is 0.533. The van der Waals surface area contributed by atoms with Gasteiger partial charge in [-0.15, -0.1) is 11.3 Å². The number of benzene rings is 1. The van der Waals surface area contributed by atoms with Gasteiger partial charge < -0.3 is 15.4 Å². The Morgan fingerprint density at radius 3 is 2.59 bits per heavy atom. The Morgan fingerprint density at radius 1 is 1.05 bits per heavy atom. The summed E-state index contributed by atoms with van der Waals surface area (Å²) in [5.74, 6) is 1.32. The number of allylic oxidation sites excluding steroid dienone is 1. The van der Waals surface area contributed by atoms with E-state index in [1.54, 1.807) is 35.6 Å². The number of halogens is 3. The van der Waals surface area contributed by atoms with Crippen LogP contribution in [0.2, 0.25) is 0 Å². The number of nitrogens with two attached hydrogens (primary N) is 1. The molecular weight excluding hydrogens is 549 g/mol. The van der Waals surface area contributed by atoms with Gasteiger partial charge in [0, 0.05) is 49.7 Å². The van der Waals surface area contributed by atoms with E-state index in [9.17, 15) is 13.2 Å². The first-order valence-corrected chi connectivity index (χ1v) is 15.3. The van der Waals surface area contributed by atoms with Crippen LogP contribution in [-0.4, -0.2) is 91.9 Å². The van der Waals surface area contributed by atoms with E-state index in [4.69, 9.17) is 20.5 Å². The van der Waals surface area contributed by atoms with Gasteiger partial charge in [0.2, 0.25) is 0 Å². The Kier molecular flexibility index (Phi) is 8.60. The van der Waals surface area contributed by atoms with Gasteiger partial charge in [0.15, 0.2) is 5.84 Å². The van der Waals surface area contributed by atoms with Crippen LogP contribution in [0.15, 0.2) is 46.0 Å². The predicted octanol–water partition coefficient (Wildman–Crippen LogP) is 3.05. The molecule has 2 N–H and O–H groups in total. The van der Waals surface area contributed by atoms with Gasteiger partial charge in [0.25, 0.3) is 0 Å². The normalized spacial score (nSPS) is 23.6. The molecule has 3 aliphatic heterocycles. The molecule has 0 bridgehead atoms. The third-order valence-electron chi connectivity index (χ3n) is 8.11. The third-order valence-corrected chi connectivity index (χ3v) is 9.18. The summed E-state index contributed by atoms with van der Waals surface area (Å²) in [6, 6.07) is 9.00. The molecule has 11 heteroatoms. The summed E-state index contributed by atoms with van der Waals surface area (Å²) in [5.41, 5.74) is 5.11. The largest absolute Gasteiger partial charge is 0.430 e. The third kappa shape index (κ3) is 7.26. The summed E-state index contributed by atoms with van der Waals surface area (Å²) >= 11 is 1.74. The van der Waals surface area contributed by atoms with E-state index < -0.39 is 11.9 Å². The van der Waals surface area contributed by atoms with Gasteiger partial charge >= 0.3 is 6.18 Å². The zero-order valence-corrected chi connectivity index (χ0v) is 24.0. The molecule has 2 saturated heterocycles. The molecule has 0 spiro atoms. The van der Waals surface area contributed by atoms with Gasteiger partial charge in [-0.25, -0.2) is 9.98 Å². The molecule has 1 aliphatic carbocycles. The first-order valence-electron chi connectivity index (χ1n) is 14.5. The summed E-state index contributed by atoms with van der Waals surface area (Å²) in [6.45, 7) is 9.20. The Bertz CT molecular complexity index is 1410. The second-order valence-electron chi connectivity index (χ2n) is 11.3. The zero-order chi connectivity index (χ0) is 28.4. The van der Waals surface area contributed by atoms with Crippen LogP contribution < -0.4 is 15.6 Å².